The van der Waals surface area contributed by atoms with Gasteiger partial charge in [0, 0.05) is 36.1 Å². The second kappa shape index (κ2) is 10.4. The summed E-state index contributed by atoms with van der Waals surface area (Å²) in [5, 5.41) is 9.73. The van der Waals surface area contributed by atoms with E-state index in [1.54, 1.807) is 42.3 Å². The lowest BCUT2D eigenvalue weighted by atomic mass is 10.1. The number of H-pyrrole nitrogens is 1. The Labute approximate surface area is 180 Å². The third-order valence-corrected chi connectivity index (χ3v) is 4.94. The molecular formula is C23H26FN5O2. The number of aromatic amines is 1. The van der Waals surface area contributed by atoms with Crippen molar-refractivity contribution in [3.05, 3.63) is 71.7 Å². The molecule has 2 aromatic carbocycles. The number of aromatic nitrogens is 2. The number of nitrogens with two attached hydrogens (primary N) is 1. The van der Waals surface area contributed by atoms with Gasteiger partial charge in [0.2, 0.25) is 0 Å². The molecule has 7 nitrogen and oxygen atoms in total. The first kappa shape index (κ1) is 22.0. The molecule has 0 saturated carbocycles. The number of rotatable bonds is 9. The number of carbonyl (C=O) groups excluding carboxylic acids is 2. The lowest BCUT2D eigenvalue weighted by Crippen LogP contribution is -2.27. The van der Waals surface area contributed by atoms with Gasteiger partial charge >= 0.3 is 6.03 Å². The SMILES string of the molecule is CN(CCCCCc1cc(-c2cccc(F)c2)n[nH]1)C(=O)c1ccc(NC(N)=O)cc1. The number of carbonyl (C=O) groups is 2. The maximum absolute atomic E-state index is 13.4. The molecule has 0 aliphatic heterocycles. The molecule has 31 heavy (non-hydrogen) atoms. The molecule has 0 radical (unpaired) electrons. The minimum atomic E-state index is -0.642. The molecule has 162 valence electrons. The first-order chi connectivity index (χ1) is 14.9. The van der Waals surface area contributed by atoms with Gasteiger partial charge in [-0.1, -0.05) is 18.6 Å². The summed E-state index contributed by atoms with van der Waals surface area (Å²) in [7, 11) is 1.78. The largest absolute Gasteiger partial charge is 0.351 e. The minimum Gasteiger partial charge on any atom is -0.351 e. The number of urea groups is 1. The molecule has 0 bridgehead atoms. The van der Waals surface area contributed by atoms with Crippen molar-refractivity contribution < 1.29 is 14.0 Å². The van der Waals surface area contributed by atoms with Gasteiger partial charge in [0.05, 0.1) is 5.69 Å². The first-order valence-corrected chi connectivity index (χ1v) is 10.1. The van der Waals surface area contributed by atoms with Crippen LogP contribution in [0.25, 0.3) is 11.3 Å². The number of primary amides is 1. The predicted molar refractivity (Wildman–Crippen MR) is 118 cm³/mol. The highest BCUT2D eigenvalue weighted by Gasteiger charge is 2.11. The summed E-state index contributed by atoms with van der Waals surface area (Å²) in [5.41, 5.74) is 8.67. The Bertz CT molecular complexity index is 1030. The van der Waals surface area contributed by atoms with Crippen molar-refractivity contribution in [3.8, 4) is 11.3 Å². The van der Waals surface area contributed by atoms with E-state index in [0.717, 1.165) is 42.6 Å². The van der Waals surface area contributed by atoms with Gasteiger partial charge in [-0.05, 0) is 61.7 Å². The molecule has 1 heterocycles. The number of anilines is 1. The summed E-state index contributed by atoms with van der Waals surface area (Å²) in [6, 6.07) is 14.3. The quantitative estimate of drug-likeness (QED) is 0.450. The van der Waals surface area contributed by atoms with Crippen LogP contribution < -0.4 is 11.1 Å². The van der Waals surface area contributed by atoms with E-state index in [-0.39, 0.29) is 11.7 Å². The number of hydrogen-bond donors (Lipinski definition) is 3. The number of nitrogens with one attached hydrogen (secondary N) is 2. The third-order valence-electron chi connectivity index (χ3n) is 4.94. The van der Waals surface area contributed by atoms with Crippen molar-refractivity contribution in [2.45, 2.75) is 25.7 Å². The van der Waals surface area contributed by atoms with Crippen LogP contribution in [0.15, 0.2) is 54.6 Å². The lowest BCUT2D eigenvalue weighted by molar-refractivity contribution is 0.0792. The topological polar surface area (TPSA) is 104 Å². The molecule has 8 heteroatoms. The van der Waals surface area contributed by atoms with Gasteiger partial charge in [-0.25, -0.2) is 9.18 Å². The van der Waals surface area contributed by atoms with Gasteiger partial charge in [0.25, 0.3) is 5.91 Å². The molecular weight excluding hydrogens is 397 g/mol. The van der Waals surface area contributed by atoms with Crippen LogP contribution in [0.5, 0.6) is 0 Å². The molecule has 0 fully saturated rings. The van der Waals surface area contributed by atoms with E-state index < -0.39 is 6.03 Å². The Morgan fingerprint density at radius 3 is 2.58 bits per heavy atom. The van der Waals surface area contributed by atoms with Crippen LogP contribution in [0.2, 0.25) is 0 Å². The van der Waals surface area contributed by atoms with Crippen molar-refractivity contribution in [3.63, 3.8) is 0 Å². The molecule has 0 unspecified atom stereocenters. The second-order valence-corrected chi connectivity index (χ2v) is 7.39. The average molecular weight is 423 g/mol. The number of benzene rings is 2. The van der Waals surface area contributed by atoms with Gasteiger partial charge in [-0.15, -0.1) is 0 Å². The molecule has 0 atom stereocenters. The van der Waals surface area contributed by atoms with Crippen molar-refractivity contribution in [2.24, 2.45) is 5.73 Å². The van der Waals surface area contributed by atoms with Crippen LogP contribution >= 0.6 is 0 Å². The average Bonchev–Trinajstić information content (AvgIpc) is 3.22. The van der Waals surface area contributed by atoms with E-state index in [4.69, 9.17) is 5.73 Å². The fraction of sp³-hybridized carbons (Fsp3) is 0.261. The van der Waals surface area contributed by atoms with Gasteiger partial charge in [0.15, 0.2) is 0 Å². The highest BCUT2D eigenvalue weighted by Crippen LogP contribution is 2.19. The summed E-state index contributed by atoms with van der Waals surface area (Å²) in [6.07, 6.45) is 3.65. The Hall–Kier alpha value is -3.68. The zero-order valence-corrected chi connectivity index (χ0v) is 17.4. The van der Waals surface area contributed by atoms with E-state index in [1.165, 1.54) is 12.1 Å². The Morgan fingerprint density at radius 1 is 1.10 bits per heavy atom. The number of aryl methyl sites for hydroxylation is 1. The maximum Gasteiger partial charge on any atom is 0.316 e. The molecule has 4 N–H and O–H groups in total. The molecule has 3 rings (SSSR count). The van der Waals surface area contributed by atoms with Gasteiger partial charge in [0.1, 0.15) is 5.82 Å². The predicted octanol–water partition coefficient (Wildman–Crippen LogP) is 4.19. The zero-order chi connectivity index (χ0) is 22.2. The van der Waals surface area contributed by atoms with Crippen LogP contribution in [-0.4, -0.2) is 40.6 Å². The van der Waals surface area contributed by atoms with E-state index in [0.29, 0.717) is 17.8 Å². The van der Waals surface area contributed by atoms with E-state index >= 15 is 0 Å². The molecule has 0 aliphatic carbocycles. The standard InChI is InChI=1S/C23H26FN5O2/c1-29(22(30)16-9-11-19(12-10-16)26-23(25)31)13-4-2-3-8-20-15-21(28-27-20)17-6-5-7-18(24)14-17/h5-7,9-12,14-15H,2-4,8,13H2,1H3,(H,27,28)(H3,25,26,31). The molecule has 0 aliphatic rings. The summed E-state index contributed by atoms with van der Waals surface area (Å²) >= 11 is 0. The van der Waals surface area contributed by atoms with E-state index in [2.05, 4.69) is 15.5 Å². The number of hydrogen-bond acceptors (Lipinski definition) is 3. The van der Waals surface area contributed by atoms with Gasteiger partial charge in [-0.3, -0.25) is 9.89 Å². The number of nitrogens with zero attached hydrogens (tertiary/aromatic N) is 2. The molecule has 3 amide bonds. The zero-order valence-electron chi connectivity index (χ0n) is 17.4. The highest BCUT2D eigenvalue weighted by molar-refractivity contribution is 5.95. The van der Waals surface area contributed by atoms with Crippen molar-refractivity contribution in [1.29, 1.82) is 0 Å². The minimum absolute atomic E-state index is 0.0704. The normalized spacial score (nSPS) is 10.6. The summed E-state index contributed by atoms with van der Waals surface area (Å²) in [5.74, 6) is -0.349. The Balaban J connectivity index is 1.39. The van der Waals surface area contributed by atoms with Crippen molar-refractivity contribution in [1.82, 2.24) is 15.1 Å². The summed E-state index contributed by atoms with van der Waals surface area (Å²) < 4.78 is 13.4. The highest BCUT2D eigenvalue weighted by atomic mass is 19.1. The first-order valence-electron chi connectivity index (χ1n) is 10.1. The van der Waals surface area contributed by atoms with Gasteiger partial charge in [-0.2, -0.15) is 5.10 Å². The smallest absolute Gasteiger partial charge is 0.316 e. The monoisotopic (exact) mass is 423 g/mol. The summed E-state index contributed by atoms with van der Waals surface area (Å²) in [6.45, 7) is 0.650. The Morgan fingerprint density at radius 2 is 1.87 bits per heavy atom. The Kier molecular flexibility index (Phi) is 7.37. The molecule has 0 saturated heterocycles. The van der Waals surface area contributed by atoms with Crippen LogP contribution in [0.3, 0.4) is 0 Å². The van der Waals surface area contributed by atoms with Crippen LogP contribution in [-0.2, 0) is 6.42 Å². The molecule has 1 aromatic heterocycles. The van der Waals surface area contributed by atoms with Crippen molar-refractivity contribution >= 4 is 17.6 Å². The second-order valence-electron chi connectivity index (χ2n) is 7.39. The van der Waals surface area contributed by atoms with Crippen LogP contribution in [0.1, 0.15) is 35.3 Å². The number of unbranched alkanes of at least 4 members (excludes halogenated alkanes) is 2. The maximum atomic E-state index is 13.4. The summed E-state index contributed by atoms with van der Waals surface area (Å²) in [4.78, 5) is 25.0. The van der Waals surface area contributed by atoms with Crippen LogP contribution in [0.4, 0.5) is 14.9 Å². The van der Waals surface area contributed by atoms with E-state index in [1.807, 2.05) is 12.1 Å². The lowest BCUT2D eigenvalue weighted by Gasteiger charge is -2.17. The fourth-order valence-corrected chi connectivity index (χ4v) is 3.29. The molecule has 3 aromatic rings. The van der Waals surface area contributed by atoms with E-state index in [9.17, 15) is 14.0 Å². The number of halogens is 1. The van der Waals surface area contributed by atoms with Crippen LogP contribution in [0, 0.1) is 5.82 Å². The number of amides is 3. The molecule has 0 spiro atoms. The fourth-order valence-electron chi connectivity index (χ4n) is 3.29. The van der Waals surface area contributed by atoms with Crippen molar-refractivity contribution in [2.75, 3.05) is 18.9 Å². The van der Waals surface area contributed by atoms with Gasteiger partial charge < -0.3 is 16.0 Å². The third kappa shape index (κ3) is 6.40.